The van der Waals surface area contributed by atoms with Crippen LogP contribution in [0, 0.1) is 5.92 Å². The van der Waals surface area contributed by atoms with Crippen LogP contribution in [0.25, 0.3) is 0 Å². The lowest BCUT2D eigenvalue weighted by Crippen LogP contribution is -2.47. The van der Waals surface area contributed by atoms with Gasteiger partial charge in [-0.1, -0.05) is 6.92 Å². The van der Waals surface area contributed by atoms with Crippen molar-refractivity contribution < 1.29 is 27.4 Å². The molecular formula is C19H28F3N3O3. The smallest absolute Gasteiger partial charge is 0.383 e. The van der Waals surface area contributed by atoms with Gasteiger partial charge in [-0.15, -0.1) is 0 Å². The molecule has 2 rings (SSSR count). The predicted molar refractivity (Wildman–Crippen MR) is 98.8 cm³/mol. The van der Waals surface area contributed by atoms with E-state index in [-0.39, 0.29) is 12.0 Å². The molecule has 1 fully saturated rings. The minimum absolute atomic E-state index is 0.00649. The van der Waals surface area contributed by atoms with Crippen molar-refractivity contribution in [1.82, 2.24) is 10.3 Å². The summed E-state index contributed by atoms with van der Waals surface area (Å²) < 4.78 is 50.1. The van der Waals surface area contributed by atoms with E-state index < -0.39 is 29.7 Å². The molecular weight excluding hydrogens is 375 g/mol. The summed E-state index contributed by atoms with van der Waals surface area (Å²) in [5, 5.41) is 5.93. The average molecular weight is 403 g/mol. The number of halogens is 3. The van der Waals surface area contributed by atoms with E-state index in [1.165, 1.54) is 13.1 Å². The number of pyridine rings is 1. The number of nitrogens with zero attached hydrogens (tertiary/aromatic N) is 1. The number of hydrogen-bond donors (Lipinski definition) is 2. The molecule has 2 heterocycles. The number of hydrogen-bond acceptors (Lipinski definition) is 5. The third-order valence-corrected chi connectivity index (χ3v) is 5.09. The van der Waals surface area contributed by atoms with Gasteiger partial charge in [0, 0.05) is 31.1 Å². The number of aromatic nitrogens is 1. The Morgan fingerprint density at radius 3 is 2.68 bits per heavy atom. The zero-order chi connectivity index (χ0) is 21.2. The number of anilines is 1. The summed E-state index contributed by atoms with van der Waals surface area (Å²) in [5.74, 6) is -1.41. The molecule has 9 heteroatoms. The van der Waals surface area contributed by atoms with Crippen LogP contribution in [-0.2, 0) is 20.8 Å². The fraction of sp³-hybridized carbons (Fsp3) is 0.684. The van der Waals surface area contributed by atoms with Crippen molar-refractivity contribution in [3.8, 4) is 0 Å². The Morgan fingerprint density at radius 2 is 2.11 bits per heavy atom. The monoisotopic (exact) mass is 403 g/mol. The third kappa shape index (κ3) is 5.21. The van der Waals surface area contributed by atoms with Crippen LogP contribution in [0.4, 0.5) is 18.9 Å². The Bertz CT molecular complexity index is 696. The molecule has 0 bridgehead atoms. The first kappa shape index (κ1) is 22.6. The second kappa shape index (κ2) is 8.34. The molecule has 0 spiro atoms. The zero-order valence-electron chi connectivity index (χ0n) is 16.8. The number of rotatable bonds is 7. The third-order valence-electron chi connectivity index (χ3n) is 5.09. The molecule has 1 aliphatic rings. The SMILES string of the molecule is COCC(C)(C)NCc1cc(NC(=O)C2CC(C)C(C)(C(F)(F)F)O2)ccn1. The number of alkyl halides is 3. The van der Waals surface area contributed by atoms with Crippen molar-refractivity contribution in [2.24, 2.45) is 5.92 Å². The minimum Gasteiger partial charge on any atom is -0.383 e. The van der Waals surface area contributed by atoms with Crippen LogP contribution in [0.2, 0.25) is 0 Å². The first-order valence-corrected chi connectivity index (χ1v) is 9.12. The molecule has 1 aromatic heterocycles. The number of methoxy groups -OCH3 is 1. The highest BCUT2D eigenvalue weighted by atomic mass is 19.4. The van der Waals surface area contributed by atoms with Crippen LogP contribution >= 0.6 is 0 Å². The van der Waals surface area contributed by atoms with Crippen molar-refractivity contribution in [2.75, 3.05) is 19.0 Å². The number of carbonyl (C=O) groups excluding carboxylic acids is 1. The molecule has 28 heavy (non-hydrogen) atoms. The summed E-state index contributed by atoms with van der Waals surface area (Å²) in [5.41, 5.74) is -1.44. The van der Waals surface area contributed by atoms with E-state index >= 15 is 0 Å². The van der Waals surface area contributed by atoms with Crippen molar-refractivity contribution in [3.63, 3.8) is 0 Å². The lowest BCUT2D eigenvalue weighted by Gasteiger charge is -2.30. The van der Waals surface area contributed by atoms with Crippen LogP contribution in [-0.4, -0.2) is 48.0 Å². The normalized spacial score (nSPS) is 25.7. The maximum absolute atomic E-state index is 13.3. The Kier molecular flexibility index (Phi) is 6.73. The molecule has 0 saturated carbocycles. The maximum Gasteiger partial charge on any atom is 0.417 e. The minimum atomic E-state index is -4.54. The van der Waals surface area contributed by atoms with Gasteiger partial charge in [0.15, 0.2) is 5.60 Å². The number of ether oxygens (including phenoxy) is 2. The molecule has 1 saturated heterocycles. The first-order chi connectivity index (χ1) is 12.9. The highest BCUT2D eigenvalue weighted by Crippen LogP contribution is 2.46. The van der Waals surface area contributed by atoms with E-state index in [9.17, 15) is 18.0 Å². The lowest BCUT2D eigenvalue weighted by atomic mass is 9.89. The van der Waals surface area contributed by atoms with Crippen molar-refractivity contribution in [1.29, 1.82) is 0 Å². The van der Waals surface area contributed by atoms with Crippen molar-refractivity contribution >= 4 is 11.6 Å². The van der Waals surface area contributed by atoms with Crippen LogP contribution in [0.5, 0.6) is 0 Å². The van der Waals surface area contributed by atoms with Gasteiger partial charge < -0.3 is 20.1 Å². The highest BCUT2D eigenvalue weighted by molar-refractivity contribution is 5.94. The van der Waals surface area contributed by atoms with Crippen LogP contribution in [0.15, 0.2) is 18.3 Å². The van der Waals surface area contributed by atoms with Gasteiger partial charge >= 0.3 is 6.18 Å². The summed E-state index contributed by atoms with van der Waals surface area (Å²) in [6, 6.07) is 3.26. The standard InChI is InChI=1S/C19H28F3N3O3/c1-12-8-15(28-18(12,4)19(20,21)22)16(26)25-13-6-7-23-14(9-13)10-24-17(2,3)11-27-5/h6-7,9,12,15,24H,8,10-11H2,1-5H3,(H,23,25,26). The molecule has 2 N–H and O–H groups in total. The molecule has 0 aliphatic carbocycles. The van der Waals surface area contributed by atoms with Gasteiger partial charge in [-0.3, -0.25) is 9.78 Å². The number of nitrogens with one attached hydrogen (secondary N) is 2. The summed E-state index contributed by atoms with van der Waals surface area (Å²) in [6.45, 7) is 7.36. The second-order valence-corrected chi connectivity index (χ2v) is 8.04. The Balaban J connectivity index is 2.00. The average Bonchev–Trinajstić information content (AvgIpc) is 2.90. The number of amides is 1. The van der Waals surface area contributed by atoms with Crippen LogP contribution in [0.1, 0.15) is 39.8 Å². The topological polar surface area (TPSA) is 72.5 Å². The first-order valence-electron chi connectivity index (χ1n) is 9.12. The van der Waals surface area contributed by atoms with Crippen LogP contribution < -0.4 is 10.6 Å². The largest absolute Gasteiger partial charge is 0.417 e. The molecule has 3 unspecified atom stereocenters. The fourth-order valence-electron chi connectivity index (χ4n) is 3.13. The quantitative estimate of drug-likeness (QED) is 0.731. The van der Waals surface area contributed by atoms with Gasteiger partial charge in [0.25, 0.3) is 5.91 Å². The fourth-order valence-corrected chi connectivity index (χ4v) is 3.13. The van der Waals surface area contributed by atoms with E-state index in [0.29, 0.717) is 24.5 Å². The molecule has 1 aliphatic heterocycles. The van der Waals surface area contributed by atoms with Gasteiger partial charge in [0.1, 0.15) is 6.10 Å². The predicted octanol–water partition coefficient (Wildman–Crippen LogP) is 3.28. The Hall–Kier alpha value is -1.71. The molecule has 3 atom stereocenters. The molecule has 0 aromatic carbocycles. The summed E-state index contributed by atoms with van der Waals surface area (Å²) >= 11 is 0. The molecule has 6 nitrogen and oxygen atoms in total. The molecule has 1 amide bonds. The molecule has 1 aromatic rings. The Morgan fingerprint density at radius 1 is 1.43 bits per heavy atom. The van der Waals surface area contributed by atoms with E-state index in [1.54, 1.807) is 19.2 Å². The van der Waals surface area contributed by atoms with Gasteiger partial charge in [0.05, 0.1) is 12.3 Å². The second-order valence-electron chi connectivity index (χ2n) is 8.04. The number of carbonyl (C=O) groups is 1. The summed E-state index contributed by atoms with van der Waals surface area (Å²) in [6.07, 6.45) is -4.15. The van der Waals surface area contributed by atoms with E-state index in [0.717, 1.165) is 6.92 Å². The van der Waals surface area contributed by atoms with Crippen LogP contribution in [0.3, 0.4) is 0 Å². The van der Waals surface area contributed by atoms with Gasteiger partial charge in [-0.25, -0.2) is 0 Å². The molecule has 158 valence electrons. The van der Waals surface area contributed by atoms with Gasteiger partial charge in [-0.2, -0.15) is 13.2 Å². The van der Waals surface area contributed by atoms with Gasteiger partial charge in [0.2, 0.25) is 0 Å². The zero-order valence-corrected chi connectivity index (χ0v) is 16.8. The van der Waals surface area contributed by atoms with Crippen molar-refractivity contribution in [2.45, 2.75) is 64.1 Å². The van der Waals surface area contributed by atoms with Crippen molar-refractivity contribution in [3.05, 3.63) is 24.0 Å². The maximum atomic E-state index is 13.3. The highest BCUT2D eigenvalue weighted by Gasteiger charge is 2.61. The lowest BCUT2D eigenvalue weighted by molar-refractivity contribution is -0.272. The summed E-state index contributed by atoms with van der Waals surface area (Å²) in [4.78, 5) is 16.7. The van der Waals surface area contributed by atoms with E-state index in [4.69, 9.17) is 9.47 Å². The molecule has 0 radical (unpaired) electrons. The van der Waals surface area contributed by atoms with E-state index in [1.807, 2.05) is 13.8 Å². The van der Waals surface area contributed by atoms with Gasteiger partial charge in [-0.05, 0) is 45.2 Å². The van der Waals surface area contributed by atoms with E-state index in [2.05, 4.69) is 15.6 Å². The summed E-state index contributed by atoms with van der Waals surface area (Å²) in [7, 11) is 1.62. The Labute approximate surface area is 163 Å².